The lowest BCUT2D eigenvalue weighted by Gasteiger charge is -2.33. The molecule has 2 N–H and O–H groups in total. The number of rotatable bonds is 1. The van der Waals surface area contributed by atoms with Gasteiger partial charge in [0.2, 0.25) is 0 Å². The minimum absolute atomic E-state index is 0.0148. The SMILES string of the molecule is CC1=CC(C)(C)Nc2ccc(C)c(CO)c21. The molecule has 0 aliphatic carbocycles. The van der Waals surface area contributed by atoms with Gasteiger partial charge >= 0.3 is 0 Å². The number of aliphatic hydroxyl groups excluding tert-OH is 1. The number of aliphatic hydroxyl groups is 1. The third-order valence-corrected chi connectivity index (χ3v) is 3.13. The van der Waals surface area contributed by atoms with Crippen molar-refractivity contribution in [2.75, 3.05) is 5.32 Å². The highest BCUT2D eigenvalue weighted by Gasteiger charge is 2.24. The van der Waals surface area contributed by atoms with Crippen molar-refractivity contribution >= 4 is 11.3 Å². The number of nitrogens with one attached hydrogen (secondary N) is 1. The summed E-state index contributed by atoms with van der Waals surface area (Å²) in [5.41, 5.74) is 5.71. The van der Waals surface area contributed by atoms with E-state index in [0.717, 1.165) is 16.8 Å². The van der Waals surface area contributed by atoms with Gasteiger partial charge in [0.1, 0.15) is 0 Å². The molecular weight excluding hydrogens is 198 g/mol. The molecule has 16 heavy (non-hydrogen) atoms. The van der Waals surface area contributed by atoms with Crippen molar-refractivity contribution in [2.45, 2.75) is 39.8 Å². The van der Waals surface area contributed by atoms with E-state index >= 15 is 0 Å². The Bertz CT molecular complexity index is 458. The molecular formula is C14H19NO. The largest absolute Gasteiger partial charge is 0.392 e. The molecule has 0 unspecified atom stereocenters. The number of allylic oxidation sites excluding steroid dienone is 1. The lowest BCUT2D eigenvalue weighted by atomic mass is 9.87. The Morgan fingerprint density at radius 2 is 1.94 bits per heavy atom. The van der Waals surface area contributed by atoms with E-state index in [4.69, 9.17) is 0 Å². The van der Waals surface area contributed by atoms with E-state index in [1.165, 1.54) is 11.1 Å². The van der Waals surface area contributed by atoms with E-state index in [9.17, 15) is 5.11 Å². The summed E-state index contributed by atoms with van der Waals surface area (Å²) < 4.78 is 0. The number of fused-ring (bicyclic) bond motifs is 1. The molecule has 0 fully saturated rings. The molecule has 0 spiro atoms. The van der Waals surface area contributed by atoms with Crippen LogP contribution in [0.25, 0.3) is 5.57 Å². The Morgan fingerprint density at radius 3 is 2.56 bits per heavy atom. The summed E-state index contributed by atoms with van der Waals surface area (Å²) in [4.78, 5) is 0. The van der Waals surface area contributed by atoms with Gasteiger partial charge in [0.05, 0.1) is 12.1 Å². The summed E-state index contributed by atoms with van der Waals surface area (Å²) in [5, 5.41) is 12.9. The minimum atomic E-state index is -0.0148. The fraction of sp³-hybridized carbons (Fsp3) is 0.429. The maximum absolute atomic E-state index is 9.47. The maximum atomic E-state index is 9.47. The average Bonchev–Trinajstić information content (AvgIpc) is 2.17. The van der Waals surface area contributed by atoms with Gasteiger partial charge in [-0.05, 0) is 50.5 Å². The first-order valence-electron chi connectivity index (χ1n) is 5.66. The van der Waals surface area contributed by atoms with Crippen molar-refractivity contribution in [3.8, 4) is 0 Å². The zero-order valence-electron chi connectivity index (χ0n) is 10.4. The van der Waals surface area contributed by atoms with Crippen molar-refractivity contribution in [1.82, 2.24) is 0 Å². The quantitative estimate of drug-likeness (QED) is 0.757. The second-order valence-corrected chi connectivity index (χ2v) is 5.12. The highest BCUT2D eigenvalue weighted by molar-refractivity contribution is 5.82. The molecule has 0 radical (unpaired) electrons. The van der Waals surface area contributed by atoms with Gasteiger partial charge in [0, 0.05) is 11.3 Å². The first kappa shape index (κ1) is 11.2. The molecule has 1 aliphatic heterocycles. The van der Waals surface area contributed by atoms with Crippen LogP contribution >= 0.6 is 0 Å². The lowest BCUT2D eigenvalue weighted by Crippen LogP contribution is -2.31. The summed E-state index contributed by atoms with van der Waals surface area (Å²) in [6, 6.07) is 4.16. The molecule has 0 aromatic heterocycles. The van der Waals surface area contributed by atoms with Gasteiger partial charge in [0.15, 0.2) is 0 Å². The van der Waals surface area contributed by atoms with Crippen molar-refractivity contribution in [3.05, 3.63) is 34.9 Å². The second kappa shape index (κ2) is 3.63. The Hall–Kier alpha value is -1.28. The predicted molar refractivity (Wildman–Crippen MR) is 68.5 cm³/mol. The molecule has 1 aromatic carbocycles. The molecule has 1 aromatic rings. The molecule has 2 nitrogen and oxygen atoms in total. The number of anilines is 1. The second-order valence-electron chi connectivity index (χ2n) is 5.12. The van der Waals surface area contributed by atoms with Crippen LogP contribution in [0.4, 0.5) is 5.69 Å². The van der Waals surface area contributed by atoms with Gasteiger partial charge < -0.3 is 10.4 Å². The molecule has 1 aliphatic rings. The normalized spacial score (nSPS) is 17.4. The molecule has 0 bridgehead atoms. The molecule has 0 amide bonds. The van der Waals surface area contributed by atoms with E-state index < -0.39 is 0 Å². The average molecular weight is 217 g/mol. The molecule has 2 rings (SSSR count). The third kappa shape index (κ3) is 1.74. The van der Waals surface area contributed by atoms with Gasteiger partial charge in [-0.2, -0.15) is 0 Å². The maximum Gasteiger partial charge on any atom is 0.0691 e. The summed E-state index contributed by atoms with van der Waals surface area (Å²) in [6.07, 6.45) is 2.22. The minimum Gasteiger partial charge on any atom is -0.392 e. The van der Waals surface area contributed by atoms with Gasteiger partial charge in [-0.3, -0.25) is 0 Å². The van der Waals surface area contributed by atoms with Crippen LogP contribution < -0.4 is 5.32 Å². The topological polar surface area (TPSA) is 32.3 Å². The van der Waals surface area contributed by atoms with Crippen LogP contribution in [0.5, 0.6) is 0 Å². The Kier molecular flexibility index (Phi) is 2.55. The lowest BCUT2D eigenvalue weighted by molar-refractivity contribution is 0.280. The Morgan fingerprint density at radius 1 is 1.25 bits per heavy atom. The zero-order valence-corrected chi connectivity index (χ0v) is 10.4. The Balaban J connectivity index is 2.65. The number of aryl methyl sites for hydroxylation is 1. The van der Waals surface area contributed by atoms with Crippen molar-refractivity contribution in [2.24, 2.45) is 0 Å². The van der Waals surface area contributed by atoms with Crippen molar-refractivity contribution in [3.63, 3.8) is 0 Å². The summed E-state index contributed by atoms with van der Waals surface area (Å²) in [7, 11) is 0. The van der Waals surface area contributed by atoms with E-state index in [1.807, 2.05) is 6.92 Å². The third-order valence-electron chi connectivity index (χ3n) is 3.13. The molecule has 0 atom stereocenters. The number of hydrogen-bond donors (Lipinski definition) is 2. The highest BCUT2D eigenvalue weighted by atomic mass is 16.3. The first-order valence-corrected chi connectivity index (χ1v) is 5.66. The van der Waals surface area contributed by atoms with Crippen LogP contribution in [-0.2, 0) is 6.61 Å². The molecule has 0 saturated carbocycles. The van der Waals surface area contributed by atoms with Crippen LogP contribution in [0, 0.1) is 6.92 Å². The summed E-state index contributed by atoms with van der Waals surface area (Å²) in [5.74, 6) is 0. The number of benzene rings is 1. The predicted octanol–water partition coefficient (Wildman–Crippen LogP) is 3.09. The van der Waals surface area contributed by atoms with E-state index in [1.54, 1.807) is 0 Å². The van der Waals surface area contributed by atoms with E-state index in [0.29, 0.717) is 0 Å². The standard InChI is InChI=1S/C14H19NO/c1-9-5-6-12-13(11(9)8-16)10(2)7-14(3,4)15-12/h5-7,15-16H,8H2,1-4H3. The van der Waals surface area contributed by atoms with Crippen LogP contribution in [0.2, 0.25) is 0 Å². The van der Waals surface area contributed by atoms with Gasteiger partial charge in [-0.1, -0.05) is 12.1 Å². The number of hydrogen-bond acceptors (Lipinski definition) is 2. The smallest absolute Gasteiger partial charge is 0.0691 e. The highest BCUT2D eigenvalue weighted by Crippen LogP contribution is 2.36. The fourth-order valence-electron chi connectivity index (χ4n) is 2.51. The Labute approximate surface area is 97.0 Å². The molecule has 0 saturated heterocycles. The van der Waals surface area contributed by atoms with Crippen molar-refractivity contribution < 1.29 is 5.11 Å². The van der Waals surface area contributed by atoms with Gasteiger partial charge in [-0.25, -0.2) is 0 Å². The zero-order chi connectivity index (χ0) is 11.9. The summed E-state index contributed by atoms with van der Waals surface area (Å²) in [6.45, 7) is 8.55. The van der Waals surface area contributed by atoms with Crippen LogP contribution in [0.3, 0.4) is 0 Å². The first-order chi connectivity index (χ1) is 7.44. The van der Waals surface area contributed by atoms with E-state index in [-0.39, 0.29) is 12.1 Å². The monoisotopic (exact) mass is 217 g/mol. The fourth-order valence-corrected chi connectivity index (χ4v) is 2.51. The van der Waals surface area contributed by atoms with Crippen LogP contribution in [0.15, 0.2) is 18.2 Å². The van der Waals surface area contributed by atoms with Crippen molar-refractivity contribution in [1.29, 1.82) is 0 Å². The summed E-state index contributed by atoms with van der Waals surface area (Å²) >= 11 is 0. The molecule has 86 valence electrons. The molecule has 2 heteroatoms. The van der Waals surface area contributed by atoms with Gasteiger partial charge in [0.25, 0.3) is 0 Å². The van der Waals surface area contributed by atoms with Crippen LogP contribution in [-0.4, -0.2) is 10.6 Å². The van der Waals surface area contributed by atoms with Gasteiger partial charge in [-0.15, -0.1) is 0 Å². The van der Waals surface area contributed by atoms with Crippen LogP contribution in [0.1, 0.15) is 37.5 Å². The molecule has 1 heterocycles. The van der Waals surface area contributed by atoms with E-state index in [2.05, 4.69) is 44.3 Å².